The monoisotopic (exact) mass is 332 g/mol. The van der Waals surface area contributed by atoms with Crippen LogP contribution in [0.5, 0.6) is 11.5 Å². The summed E-state index contributed by atoms with van der Waals surface area (Å²) < 4.78 is 17.0. The zero-order valence-electron chi connectivity index (χ0n) is 13.0. The second kappa shape index (κ2) is 7.37. The minimum Gasteiger partial charge on any atom is -0.486 e. The maximum atomic E-state index is 5.99. The highest BCUT2D eigenvalue weighted by Gasteiger charge is 2.23. The molecular formula is C17H20N2O3S. The van der Waals surface area contributed by atoms with Crippen LogP contribution in [0.1, 0.15) is 12.7 Å². The van der Waals surface area contributed by atoms with Crippen molar-refractivity contribution in [3.05, 3.63) is 48.4 Å². The molecule has 23 heavy (non-hydrogen) atoms. The van der Waals surface area contributed by atoms with Crippen LogP contribution >= 0.6 is 12.2 Å². The molecular weight excluding hydrogens is 312 g/mol. The van der Waals surface area contributed by atoms with Crippen molar-refractivity contribution in [3.63, 3.8) is 0 Å². The number of thiocarbonyl (C=S) groups is 1. The van der Waals surface area contributed by atoms with E-state index < -0.39 is 0 Å². The number of fused-ring (bicyclic) bond motifs is 1. The lowest BCUT2D eigenvalue weighted by Gasteiger charge is -2.32. The summed E-state index contributed by atoms with van der Waals surface area (Å²) in [6.45, 7) is 4.64. The molecule has 3 rings (SSSR count). The Bertz CT molecular complexity index is 645. The van der Waals surface area contributed by atoms with Crippen LogP contribution in [0.15, 0.2) is 47.1 Å². The molecule has 1 aromatic heterocycles. The lowest BCUT2D eigenvalue weighted by molar-refractivity contribution is 0.0748. The number of benzene rings is 1. The van der Waals surface area contributed by atoms with E-state index in [1.54, 1.807) is 6.26 Å². The summed E-state index contributed by atoms with van der Waals surface area (Å²) in [6, 6.07) is 11.5. The van der Waals surface area contributed by atoms with E-state index in [4.69, 9.17) is 26.1 Å². The minimum atomic E-state index is -0.0480. The molecule has 0 saturated carbocycles. The third-order valence-electron chi connectivity index (χ3n) is 3.65. The number of hydrogen-bond acceptors (Lipinski definition) is 4. The predicted molar refractivity (Wildman–Crippen MR) is 91.7 cm³/mol. The molecule has 6 heteroatoms. The molecule has 1 aliphatic heterocycles. The largest absolute Gasteiger partial charge is 0.486 e. The molecule has 2 aromatic rings. The fourth-order valence-corrected chi connectivity index (χ4v) is 2.72. The van der Waals surface area contributed by atoms with Crippen molar-refractivity contribution in [1.82, 2.24) is 10.2 Å². The van der Waals surface area contributed by atoms with Gasteiger partial charge in [0.1, 0.15) is 12.4 Å². The molecule has 0 aliphatic carbocycles. The second-order valence-corrected chi connectivity index (χ2v) is 5.66. The van der Waals surface area contributed by atoms with Crippen molar-refractivity contribution >= 4 is 17.3 Å². The summed E-state index contributed by atoms with van der Waals surface area (Å²) in [6.07, 6.45) is 1.61. The number of ether oxygens (including phenoxy) is 2. The number of hydrogen-bond donors (Lipinski definition) is 1. The van der Waals surface area contributed by atoms with Gasteiger partial charge in [-0.2, -0.15) is 0 Å². The highest BCUT2D eigenvalue weighted by Crippen LogP contribution is 2.30. The van der Waals surface area contributed by atoms with E-state index in [0.29, 0.717) is 24.8 Å². The van der Waals surface area contributed by atoms with Gasteiger partial charge in [-0.25, -0.2) is 0 Å². The van der Waals surface area contributed by atoms with Crippen LogP contribution in [0.3, 0.4) is 0 Å². The van der Waals surface area contributed by atoms with E-state index >= 15 is 0 Å². The summed E-state index contributed by atoms with van der Waals surface area (Å²) in [7, 11) is 0. The summed E-state index contributed by atoms with van der Waals surface area (Å²) >= 11 is 5.47. The van der Waals surface area contributed by atoms with Crippen molar-refractivity contribution in [2.75, 3.05) is 19.7 Å². The normalized spacial score (nSPS) is 16.0. The number of likely N-dealkylation sites (N-methyl/N-ethyl adjacent to an activating group) is 1. The van der Waals surface area contributed by atoms with Crippen molar-refractivity contribution < 1.29 is 13.9 Å². The first kappa shape index (κ1) is 15.7. The highest BCUT2D eigenvalue weighted by atomic mass is 32.1. The summed E-state index contributed by atoms with van der Waals surface area (Å²) in [5.41, 5.74) is 0. The van der Waals surface area contributed by atoms with Crippen LogP contribution in [-0.4, -0.2) is 35.8 Å². The molecule has 0 spiro atoms. The lowest BCUT2D eigenvalue weighted by Crippen LogP contribution is -2.47. The van der Waals surface area contributed by atoms with Crippen molar-refractivity contribution in [3.8, 4) is 11.5 Å². The van der Waals surface area contributed by atoms with Crippen molar-refractivity contribution in [2.24, 2.45) is 0 Å². The molecule has 1 N–H and O–H groups in total. The summed E-state index contributed by atoms with van der Waals surface area (Å²) in [5, 5.41) is 3.90. The van der Waals surface area contributed by atoms with Crippen molar-refractivity contribution in [1.29, 1.82) is 0 Å². The molecule has 2 heterocycles. The summed E-state index contributed by atoms with van der Waals surface area (Å²) in [4.78, 5) is 2.07. The highest BCUT2D eigenvalue weighted by molar-refractivity contribution is 7.80. The van der Waals surface area contributed by atoms with Gasteiger partial charge in [0.15, 0.2) is 22.7 Å². The van der Waals surface area contributed by atoms with Crippen LogP contribution in [-0.2, 0) is 6.54 Å². The molecule has 0 bridgehead atoms. The van der Waals surface area contributed by atoms with Crippen LogP contribution in [0.4, 0.5) is 0 Å². The molecule has 0 saturated heterocycles. The zero-order chi connectivity index (χ0) is 16.1. The van der Waals surface area contributed by atoms with Gasteiger partial charge in [-0.3, -0.25) is 0 Å². The number of para-hydroxylation sites is 2. The number of rotatable bonds is 5. The predicted octanol–water partition coefficient (Wildman–Crippen LogP) is 2.82. The van der Waals surface area contributed by atoms with E-state index in [0.717, 1.165) is 23.8 Å². The third-order valence-corrected chi connectivity index (χ3v) is 4.06. The zero-order valence-corrected chi connectivity index (χ0v) is 13.8. The third kappa shape index (κ3) is 3.96. The fraction of sp³-hybridized carbons (Fsp3) is 0.353. The number of nitrogens with zero attached hydrogens (tertiary/aromatic N) is 1. The standard InChI is InChI=1S/C17H20N2O3S/c1-2-19(17(23)18-10-13-6-5-9-20-13)11-14-12-21-15-7-3-4-8-16(15)22-14/h3-9,14H,2,10-12H2,1H3,(H,18,23)/t14-/m0/s1. The maximum absolute atomic E-state index is 5.99. The Morgan fingerprint density at radius 1 is 1.26 bits per heavy atom. The Hall–Kier alpha value is -2.21. The topological polar surface area (TPSA) is 46.9 Å². The van der Waals surface area contributed by atoms with Gasteiger partial charge in [-0.1, -0.05) is 12.1 Å². The Morgan fingerprint density at radius 2 is 2.09 bits per heavy atom. The van der Waals surface area contributed by atoms with Gasteiger partial charge in [-0.05, 0) is 43.4 Å². The van der Waals surface area contributed by atoms with Gasteiger partial charge in [0.2, 0.25) is 0 Å². The van der Waals surface area contributed by atoms with E-state index in [1.807, 2.05) is 36.4 Å². The Balaban J connectivity index is 1.54. The molecule has 1 atom stereocenters. The molecule has 0 radical (unpaired) electrons. The molecule has 0 unspecified atom stereocenters. The quantitative estimate of drug-likeness (QED) is 0.850. The molecule has 0 amide bonds. The minimum absolute atomic E-state index is 0.0480. The van der Waals surface area contributed by atoms with Crippen LogP contribution in [0.2, 0.25) is 0 Å². The van der Waals surface area contributed by atoms with E-state index in [9.17, 15) is 0 Å². The van der Waals surface area contributed by atoms with Gasteiger partial charge in [-0.15, -0.1) is 0 Å². The van der Waals surface area contributed by atoms with Crippen LogP contribution in [0, 0.1) is 0 Å². The fourth-order valence-electron chi connectivity index (χ4n) is 2.44. The van der Waals surface area contributed by atoms with Gasteiger partial charge >= 0.3 is 0 Å². The first-order chi connectivity index (χ1) is 11.3. The van der Waals surface area contributed by atoms with Crippen LogP contribution < -0.4 is 14.8 Å². The number of nitrogens with one attached hydrogen (secondary N) is 1. The first-order valence-electron chi connectivity index (χ1n) is 7.70. The Labute approximate surface area is 141 Å². The Morgan fingerprint density at radius 3 is 2.83 bits per heavy atom. The van der Waals surface area contributed by atoms with Gasteiger partial charge in [0.25, 0.3) is 0 Å². The van der Waals surface area contributed by atoms with E-state index in [2.05, 4.69) is 17.1 Å². The maximum Gasteiger partial charge on any atom is 0.169 e. The van der Waals surface area contributed by atoms with Crippen LogP contribution in [0.25, 0.3) is 0 Å². The first-order valence-corrected chi connectivity index (χ1v) is 8.10. The molecule has 0 fully saturated rings. The average Bonchev–Trinajstić information content (AvgIpc) is 3.11. The molecule has 1 aromatic carbocycles. The van der Waals surface area contributed by atoms with Gasteiger partial charge in [0.05, 0.1) is 19.4 Å². The average molecular weight is 332 g/mol. The smallest absolute Gasteiger partial charge is 0.169 e. The molecule has 5 nitrogen and oxygen atoms in total. The van der Waals surface area contributed by atoms with Crippen molar-refractivity contribution in [2.45, 2.75) is 19.6 Å². The van der Waals surface area contributed by atoms with E-state index in [-0.39, 0.29) is 6.10 Å². The second-order valence-electron chi connectivity index (χ2n) is 5.27. The summed E-state index contributed by atoms with van der Waals surface area (Å²) in [5.74, 6) is 2.44. The SMILES string of the molecule is CCN(C[C@H]1COc2ccccc2O1)C(=S)NCc1ccco1. The van der Waals surface area contributed by atoms with E-state index in [1.165, 1.54) is 0 Å². The lowest BCUT2D eigenvalue weighted by atomic mass is 10.2. The number of furan rings is 1. The Kier molecular flexibility index (Phi) is 5.02. The molecule has 1 aliphatic rings. The van der Waals surface area contributed by atoms with Gasteiger partial charge < -0.3 is 24.1 Å². The molecule has 122 valence electrons. The van der Waals surface area contributed by atoms with Gasteiger partial charge in [0, 0.05) is 6.54 Å².